The van der Waals surface area contributed by atoms with Gasteiger partial charge in [0.2, 0.25) is 34.9 Å². The molecule has 0 spiro atoms. The summed E-state index contributed by atoms with van der Waals surface area (Å²) in [6.45, 7) is 22.2. The van der Waals surface area contributed by atoms with E-state index in [-0.39, 0.29) is 93.9 Å². The number of hydrogen-bond acceptors (Lipinski definition) is 25. The van der Waals surface area contributed by atoms with Crippen LogP contribution in [0, 0.1) is 12.8 Å². The Kier molecular flexibility index (Phi) is 28.7. The Bertz CT molecular complexity index is 6580. The summed E-state index contributed by atoms with van der Waals surface area (Å²) in [5.41, 5.74) is 18.3. The zero-order valence-corrected chi connectivity index (χ0v) is 72.6. The van der Waals surface area contributed by atoms with Crippen LogP contribution in [0.5, 0.6) is 34.6 Å². The number of aryl methyl sites for hydroxylation is 1. The molecule has 7 N–H and O–H groups in total. The van der Waals surface area contributed by atoms with E-state index in [0.29, 0.717) is 149 Å². The van der Waals surface area contributed by atoms with Crippen molar-refractivity contribution < 1.29 is 47.7 Å². The molecule has 0 aliphatic carbocycles. The first-order valence-corrected chi connectivity index (χ1v) is 43.2. The van der Waals surface area contributed by atoms with Crippen molar-refractivity contribution in [2.45, 2.75) is 82.5 Å². The topological polar surface area (TPSA) is 403 Å². The minimum absolute atomic E-state index is 0.000719. The predicted octanol–water partition coefficient (Wildman–Crippen LogP) is 12.6. The van der Waals surface area contributed by atoms with Crippen molar-refractivity contribution in [3.05, 3.63) is 288 Å². The molecule has 5 unspecified atom stereocenters. The molecule has 5 atom stereocenters. The van der Waals surface area contributed by atoms with Gasteiger partial charge in [-0.1, -0.05) is 105 Å². The van der Waals surface area contributed by atoms with Crippen molar-refractivity contribution in [1.29, 1.82) is 0 Å². The molecule has 0 saturated carbocycles. The highest BCUT2D eigenvalue weighted by molar-refractivity contribution is 6.11. The summed E-state index contributed by atoms with van der Waals surface area (Å²) < 4.78 is 31.8. The van der Waals surface area contributed by atoms with Crippen LogP contribution >= 0.6 is 0 Å². The summed E-state index contributed by atoms with van der Waals surface area (Å²) in [6.07, 6.45) is 18.9. The monoisotopic (exact) mass is 1760 g/mol. The summed E-state index contributed by atoms with van der Waals surface area (Å²) in [5, 5.41) is 8.23. The van der Waals surface area contributed by atoms with Gasteiger partial charge in [-0.2, -0.15) is 0 Å². The van der Waals surface area contributed by atoms with Crippen LogP contribution in [0.15, 0.2) is 260 Å². The highest BCUT2D eigenvalue weighted by Crippen LogP contribution is 2.37. The van der Waals surface area contributed by atoms with Crippen LogP contribution in [0.25, 0.3) is 60.9 Å². The Morgan fingerprint density at radius 2 is 1.09 bits per heavy atom. The van der Waals surface area contributed by atoms with Crippen molar-refractivity contribution in [1.82, 2.24) is 73.4 Å². The maximum Gasteiger partial charge on any atom is 0.267 e. The Morgan fingerprint density at radius 1 is 0.534 bits per heavy atom. The molecule has 5 aliphatic rings. The Hall–Kier alpha value is -15.8. The summed E-state index contributed by atoms with van der Waals surface area (Å²) in [6, 6.07) is 50.1. The van der Waals surface area contributed by atoms with Crippen molar-refractivity contribution in [2.24, 2.45) is 5.92 Å². The summed E-state index contributed by atoms with van der Waals surface area (Å²) in [5.74, 6) is 4.28. The summed E-state index contributed by atoms with van der Waals surface area (Å²) in [7, 11) is 1.61. The second kappa shape index (κ2) is 41.8. The van der Waals surface area contributed by atoms with E-state index in [1.807, 2.05) is 140 Å². The molecular weight excluding hydrogens is 1670 g/mol. The number of carbonyl (C=O) groups is 5. The second-order valence-electron chi connectivity index (χ2n) is 32.0. The third-order valence-corrected chi connectivity index (χ3v) is 23.4. The van der Waals surface area contributed by atoms with Crippen LogP contribution in [-0.4, -0.2) is 200 Å². The van der Waals surface area contributed by atoms with Crippen molar-refractivity contribution >= 4 is 97.1 Å². The Morgan fingerprint density at radius 3 is 1.73 bits per heavy atom. The SMILES string of the molecule is C=CC(=O)N1CCCC(C2CN(c3ccc(Oc4ccccc4)cc3)C(=O)c3c(N)ncnc3O2)C1.C=CC(=O)N1CCCC(Nc2cc3ncc(-c4ccc(Oc5ccccc5)cc4)c(=O)n3cn2)C1.C=CC(=O)N1CCCC(Nc2ncnc3[nH]c4ccc(OCCOC)cc4c(=O)c23)C1.C=CC(=O)N1CCCC(n2c(=O)c(-c3ccc(C)cc3)cc3c(N)ncnc32)C1. The van der Waals surface area contributed by atoms with Gasteiger partial charge in [0.1, 0.15) is 118 Å². The third kappa shape index (κ3) is 21.2. The van der Waals surface area contributed by atoms with E-state index in [1.54, 1.807) is 72.7 Å². The number of rotatable bonds is 21. The molecule has 4 saturated heterocycles. The predicted molar refractivity (Wildman–Crippen MR) is 502 cm³/mol. The number of H-pyrrole nitrogens is 1. The second-order valence-corrected chi connectivity index (χ2v) is 32.0. The fraction of sp³-hybridized carbons (Fsp3) is 0.265. The van der Waals surface area contributed by atoms with Gasteiger partial charge >= 0.3 is 0 Å². The molecule has 6 aromatic carbocycles. The number of pyridine rings is 2. The number of carbonyl (C=O) groups excluding carboxylic acids is 5. The van der Waals surface area contributed by atoms with E-state index >= 15 is 0 Å². The van der Waals surface area contributed by atoms with Gasteiger partial charge in [0.05, 0.1) is 41.0 Å². The number of piperidine rings is 4. The van der Waals surface area contributed by atoms with Crippen molar-refractivity contribution in [2.75, 3.05) is 106 Å². The maximum atomic E-state index is 13.7. The third-order valence-electron chi connectivity index (χ3n) is 23.4. The van der Waals surface area contributed by atoms with Crippen LogP contribution in [0.4, 0.5) is 29.0 Å². The quantitative estimate of drug-likeness (QED) is 0.0253. The molecule has 7 aromatic heterocycles. The minimum Gasteiger partial charge on any atom is -0.491 e. The highest BCUT2D eigenvalue weighted by Gasteiger charge is 2.39. The fourth-order valence-electron chi connectivity index (χ4n) is 16.7. The molecule has 5 aliphatic heterocycles. The molecule has 131 heavy (non-hydrogen) atoms. The number of nitrogens with one attached hydrogen (secondary N) is 3. The number of fused-ring (bicyclic) bond motifs is 5. The number of aromatic nitrogens is 11. The lowest BCUT2D eigenvalue weighted by Crippen LogP contribution is -2.48. The maximum absolute atomic E-state index is 13.7. The summed E-state index contributed by atoms with van der Waals surface area (Å²) >= 11 is 0. The number of ether oxygens (including phenoxy) is 5. The minimum atomic E-state index is -0.398. The average Bonchev–Trinajstić information content (AvgIpc) is 1.27. The van der Waals surface area contributed by atoms with Gasteiger partial charge in [-0.25, -0.2) is 39.9 Å². The van der Waals surface area contributed by atoms with Gasteiger partial charge < -0.3 is 75.3 Å². The van der Waals surface area contributed by atoms with Crippen LogP contribution in [0.1, 0.15) is 73.3 Å². The van der Waals surface area contributed by atoms with Gasteiger partial charge in [0, 0.05) is 101 Å². The van der Waals surface area contributed by atoms with Crippen molar-refractivity contribution in [3.8, 4) is 56.9 Å². The van der Waals surface area contributed by atoms with Gasteiger partial charge in [0.15, 0.2) is 0 Å². The van der Waals surface area contributed by atoms with Crippen LogP contribution < -0.4 is 62.5 Å². The molecule has 670 valence electrons. The van der Waals surface area contributed by atoms with E-state index in [4.69, 9.17) is 35.2 Å². The average molecular weight is 1770 g/mol. The van der Waals surface area contributed by atoms with Gasteiger partial charge in [-0.3, -0.25) is 47.3 Å². The number of nitrogens with two attached hydrogens (primary N) is 2. The lowest BCUT2D eigenvalue weighted by Gasteiger charge is -2.37. The molecule has 33 heteroatoms. The number of hydrogen-bond donors (Lipinski definition) is 5. The lowest BCUT2D eigenvalue weighted by molar-refractivity contribution is -0.129. The lowest BCUT2D eigenvalue weighted by atomic mass is 9.91. The number of amides is 5. The van der Waals surface area contributed by atoms with E-state index < -0.39 is 6.10 Å². The first-order chi connectivity index (χ1) is 63.7. The van der Waals surface area contributed by atoms with Crippen LogP contribution in [-0.2, 0) is 23.9 Å². The number of para-hydroxylation sites is 2. The van der Waals surface area contributed by atoms with Crippen LogP contribution in [0.2, 0.25) is 0 Å². The molecule has 0 radical (unpaired) electrons. The van der Waals surface area contributed by atoms with E-state index in [2.05, 4.69) is 81.8 Å². The Labute approximate surface area is 753 Å². The molecule has 13 aromatic rings. The smallest absolute Gasteiger partial charge is 0.267 e. The number of nitrogen functional groups attached to an aromatic ring is 2. The summed E-state index contributed by atoms with van der Waals surface area (Å²) in [4.78, 5) is 148. The number of nitrogens with zero attached hydrogens (tertiary/aromatic N) is 15. The highest BCUT2D eigenvalue weighted by atomic mass is 16.5. The first kappa shape index (κ1) is 90.0. The number of likely N-dealkylation sites (tertiary alicyclic amines) is 4. The standard InChI is InChI=1S/C27H27N5O4.C27H25N5O3.C22H25N5O4.C22H23N5O2/c1-2-23(33)31-14-6-7-18(15-31)22-16-32(27(34)24-25(28)29-17-30-26(24)36-22)19-10-12-21(13-11-19)35-20-8-4-3-5-9-20;1-2-26(33)31-14-6-7-20(17-31)30-24-15-25-28-16-23(27(34)32(25)18-29-24)19-10-12-22(13-11-19)35-21-8-4-3-5-9-21;1-3-18(28)27-8-4-5-14(12-27)25-21-19-20(29)16-11-15(31-10-9-30-2)6-7-17(16)26-22(19)24-13-23-21;1-3-19(28)26-10-4-5-16(12-26)27-21-18(20(23)24-13-25-21)11-17(22(27)29)15-8-6-14(2)7-9-15/h2-5,8-13,17-18,22H,1,6-7,14-16H2,(H2,28,29,30);2-5,8-13,15-16,18,20,30H,1,6-7,14,17H2;3,6-7,11,13-14H,1,4-5,8-10,12H2,2H3,(H2,23,24,25,26,29);3,6-9,11,13,16H,1,4-5,10,12H2,2H3,(H2,23,24,25). The molecule has 12 heterocycles. The van der Waals surface area contributed by atoms with Gasteiger partial charge in [0.25, 0.3) is 17.0 Å². The molecule has 0 bridgehead atoms. The van der Waals surface area contributed by atoms with E-state index in [0.717, 1.165) is 86.1 Å². The first-order valence-electron chi connectivity index (χ1n) is 43.2. The van der Waals surface area contributed by atoms with Crippen LogP contribution in [0.3, 0.4) is 0 Å². The van der Waals surface area contributed by atoms with Crippen molar-refractivity contribution in [3.63, 3.8) is 0 Å². The van der Waals surface area contributed by atoms with E-state index in [1.165, 1.54) is 54.0 Å². The molecule has 4 fully saturated rings. The number of anilines is 5. The molecular formula is C98H100N20O13. The zero-order chi connectivity index (χ0) is 91.6. The normalized spacial score (nSPS) is 17.1. The Balaban J connectivity index is 0.000000134. The molecule has 33 nitrogen and oxygen atoms in total. The number of benzene rings is 6. The fourth-order valence-corrected chi connectivity index (χ4v) is 16.7. The number of methoxy groups -OCH3 is 1. The number of aromatic amines is 1. The molecule has 18 rings (SSSR count). The van der Waals surface area contributed by atoms with Gasteiger partial charge in [-0.15, -0.1) is 0 Å². The largest absolute Gasteiger partial charge is 0.491 e. The zero-order valence-electron chi connectivity index (χ0n) is 72.6. The van der Waals surface area contributed by atoms with Gasteiger partial charge in [-0.05, 0) is 179 Å². The molecule has 5 amide bonds. The van der Waals surface area contributed by atoms with E-state index in [9.17, 15) is 38.4 Å².